The van der Waals surface area contributed by atoms with Crippen molar-refractivity contribution in [3.8, 4) is 0 Å². The van der Waals surface area contributed by atoms with Gasteiger partial charge in [-0.25, -0.2) is 0 Å². The molecule has 1 unspecified atom stereocenters. The molecule has 0 N–H and O–H groups in total. The summed E-state index contributed by atoms with van der Waals surface area (Å²) < 4.78 is 5.40. The normalized spacial score (nSPS) is 19.4. The van der Waals surface area contributed by atoms with Crippen LogP contribution in [0.3, 0.4) is 0 Å². The van der Waals surface area contributed by atoms with E-state index in [1.165, 1.54) is 5.56 Å². The number of benzene rings is 1. The third-order valence-electron chi connectivity index (χ3n) is 3.28. The molecule has 92 valence electrons. The number of amides is 1. The van der Waals surface area contributed by atoms with Gasteiger partial charge in [0, 0.05) is 13.0 Å². The number of ether oxygens (including phenoxy) is 1. The average molecular weight is 233 g/mol. The molecule has 0 aromatic heterocycles. The maximum Gasteiger partial charge on any atom is 0.229 e. The van der Waals surface area contributed by atoms with Crippen molar-refractivity contribution in [2.24, 2.45) is 0 Å². The highest BCUT2D eigenvalue weighted by molar-refractivity contribution is 5.97. The monoisotopic (exact) mass is 233 g/mol. The summed E-state index contributed by atoms with van der Waals surface area (Å²) in [7, 11) is 0. The summed E-state index contributed by atoms with van der Waals surface area (Å²) in [6, 6.07) is 6.21. The SMILES string of the molecule is CCOCN1C(=O)CC(C)c2cccc(C)c21. The lowest BCUT2D eigenvalue weighted by molar-refractivity contribution is -0.120. The van der Waals surface area contributed by atoms with Crippen molar-refractivity contribution in [2.75, 3.05) is 18.2 Å². The minimum absolute atomic E-state index is 0.160. The van der Waals surface area contributed by atoms with E-state index < -0.39 is 0 Å². The molecule has 3 nitrogen and oxygen atoms in total. The van der Waals surface area contributed by atoms with Gasteiger partial charge in [-0.05, 0) is 30.9 Å². The molecule has 1 atom stereocenters. The summed E-state index contributed by atoms with van der Waals surface area (Å²) in [6.45, 7) is 7.08. The van der Waals surface area contributed by atoms with Crippen LogP contribution in [0.2, 0.25) is 0 Å². The molecule has 0 spiro atoms. The van der Waals surface area contributed by atoms with Crippen LogP contribution < -0.4 is 4.90 Å². The first-order valence-electron chi connectivity index (χ1n) is 6.12. The summed E-state index contributed by atoms with van der Waals surface area (Å²) in [4.78, 5) is 13.8. The van der Waals surface area contributed by atoms with E-state index in [2.05, 4.69) is 19.1 Å². The first-order chi connectivity index (χ1) is 8.15. The number of hydrogen-bond donors (Lipinski definition) is 0. The van der Waals surface area contributed by atoms with Gasteiger partial charge in [-0.1, -0.05) is 25.1 Å². The van der Waals surface area contributed by atoms with Crippen LogP contribution >= 0.6 is 0 Å². The first kappa shape index (κ1) is 12.1. The van der Waals surface area contributed by atoms with Gasteiger partial charge < -0.3 is 4.74 Å². The largest absolute Gasteiger partial charge is 0.361 e. The lowest BCUT2D eigenvalue weighted by atomic mass is 9.89. The summed E-state index contributed by atoms with van der Waals surface area (Å²) >= 11 is 0. The molecule has 0 fully saturated rings. The Morgan fingerprint density at radius 3 is 2.94 bits per heavy atom. The Bertz CT molecular complexity index is 428. The van der Waals surface area contributed by atoms with E-state index in [1.807, 2.05) is 19.9 Å². The number of fused-ring (bicyclic) bond motifs is 1. The van der Waals surface area contributed by atoms with Gasteiger partial charge in [0.25, 0.3) is 0 Å². The van der Waals surface area contributed by atoms with Crippen molar-refractivity contribution >= 4 is 11.6 Å². The third kappa shape index (κ3) is 2.20. The molecule has 1 aromatic rings. The Balaban J connectivity index is 2.41. The maximum atomic E-state index is 12.1. The van der Waals surface area contributed by atoms with Crippen LogP contribution in [0.5, 0.6) is 0 Å². The highest BCUT2D eigenvalue weighted by atomic mass is 16.5. The smallest absolute Gasteiger partial charge is 0.229 e. The third-order valence-corrected chi connectivity index (χ3v) is 3.28. The van der Waals surface area contributed by atoms with Crippen LogP contribution in [0.15, 0.2) is 18.2 Å². The maximum absolute atomic E-state index is 12.1. The summed E-state index contributed by atoms with van der Waals surface area (Å²) in [5.74, 6) is 0.461. The summed E-state index contributed by atoms with van der Waals surface area (Å²) in [5.41, 5.74) is 3.44. The fraction of sp³-hybridized carbons (Fsp3) is 0.500. The minimum atomic E-state index is 0.160. The van der Waals surface area contributed by atoms with Gasteiger partial charge in [0.15, 0.2) is 0 Å². The number of rotatable bonds is 3. The fourth-order valence-electron chi connectivity index (χ4n) is 2.37. The lowest BCUT2D eigenvalue weighted by Crippen LogP contribution is -2.38. The minimum Gasteiger partial charge on any atom is -0.361 e. The van der Waals surface area contributed by atoms with Crippen LogP contribution in [0, 0.1) is 6.92 Å². The van der Waals surface area contributed by atoms with Gasteiger partial charge in [0.2, 0.25) is 5.91 Å². The highest BCUT2D eigenvalue weighted by Gasteiger charge is 2.29. The Hall–Kier alpha value is -1.35. The zero-order valence-corrected chi connectivity index (χ0v) is 10.7. The quantitative estimate of drug-likeness (QED) is 0.803. The van der Waals surface area contributed by atoms with Gasteiger partial charge in [-0.2, -0.15) is 0 Å². The van der Waals surface area contributed by atoms with Crippen molar-refractivity contribution in [3.05, 3.63) is 29.3 Å². The van der Waals surface area contributed by atoms with E-state index in [0.29, 0.717) is 25.7 Å². The van der Waals surface area contributed by atoms with E-state index >= 15 is 0 Å². The molecule has 3 heteroatoms. The number of carbonyl (C=O) groups is 1. The van der Waals surface area contributed by atoms with Gasteiger partial charge in [0.05, 0.1) is 5.69 Å². The Labute approximate surface area is 102 Å². The molecule has 1 amide bonds. The first-order valence-corrected chi connectivity index (χ1v) is 6.12. The second-order valence-electron chi connectivity index (χ2n) is 4.56. The molecule has 0 aliphatic carbocycles. The van der Waals surface area contributed by atoms with Crippen molar-refractivity contribution in [2.45, 2.75) is 33.1 Å². The number of anilines is 1. The van der Waals surface area contributed by atoms with Gasteiger partial charge in [-0.15, -0.1) is 0 Å². The zero-order valence-electron chi connectivity index (χ0n) is 10.7. The number of aryl methyl sites for hydroxylation is 1. The van der Waals surface area contributed by atoms with Crippen molar-refractivity contribution in [1.82, 2.24) is 0 Å². The second-order valence-corrected chi connectivity index (χ2v) is 4.56. The van der Waals surface area contributed by atoms with E-state index in [4.69, 9.17) is 4.74 Å². The van der Waals surface area contributed by atoms with E-state index in [9.17, 15) is 4.79 Å². The molecule has 2 rings (SSSR count). The van der Waals surface area contributed by atoms with Crippen LogP contribution in [-0.2, 0) is 9.53 Å². The number of nitrogens with zero attached hydrogens (tertiary/aromatic N) is 1. The molecule has 0 saturated carbocycles. The van der Waals surface area contributed by atoms with Crippen molar-refractivity contribution in [3.63, 3.8) is 0 Å². The Kier molecular flexibility index (Phi) is 3.48. The number of hydrogen-bond acceptors (Lipinski definition) is 2. The molecule has 0 saturated heterocycles. The fourth-order valence-corrected chi connectivity index (χ4v) is 2.37. The molecule has 1 aromatic carbocycles. The number of para-hydroxylation sites is 1. The topological polar surface area (TPSA) is 29.5 Å². The van der Waals surface area contributed by atoms with Crippen LogP contribution in [0.25, 0.3) is 0 Å². The molecule has 0 radical (unpaired) electrons. The van der Waals surface area contributed by atoms with E-state index in [0.717, 1.165) is 11.3 Å². The zero-order chi connectivity index (χ0) is 12.4. The molecule has 1 aliphatic rings. The predicted octanol–water partition coefficient (Wildman–Crippen LogP) is 2.83. The van der Waals surface area contributed by atoms with E-state index in [1.54, 1.807) is 4.90 Å². The van der Waals surface area contributed by atoms with Gasteiger partial charge >= 0.3 is 0 Å². The molecule has 1 heterocycles. The lowest BCUT2D eigenvalue weighted by Gasteiger charge is -2.33. The predicted molar refractivity (Wildman–Crippen MR) is 68.2 cm³/mol. The molecule has 17 heavy (non-hydrogen) atoms. The second kappa shape index (κ2) is 4.88. The molecular formula is C14H19NO2. The summed E-state index contributed by atoms with van der Waals surface area (Å²) in [6.07, 6.45) is 0.573. The Morgan fingerprint density at radius 1 is 1.47 bits per heavy atom. The van der Waals surface area contributed by atoms with Crippen LogP contribution in [0.4, 0.5) is 5.69 Å². The Morgan fingerprint density at radius 2 is 2.24 bits per heavy atom. The summed E-state index contributed by atoms with van der Waals surface area (Å²) in [5, 5.41) is 0. The molecule has 1 aliphatic heterocycles. The van der Waals surface area contributed by atoms with Crippen molar-refractivity contribution < 1.29 is 9.53 Å². The van der Waals surface area contributed by atoms with Gasteiger partial charge in [0.1, 0.15) is 6.73 Å². The molecule has 0 bridgehead atoms. The standard InChI is InChI=1S/C14H19NO2/c1-4-17-9-15-13(16)8-11(3)12-7-5-6-10(2)14(12)15/h5-7,11H,4,8-9H2,1-3H3. The van der Waals surface area contributed by atoms with Gasteiger partial charge in [-0.3, -0.25) is 9.69 Å². The molecular weight excluding hydrogens is 214 g/mol. The number of carbonyl (C=O) groups excluding carboxylic acids is 1. The van der Waals surface area contributed by atoms with Crippen molar-refractivity contribution in [1.29, 1.82) is 0 Å². The van der Waals surface area contributed by atoms with E-state index in [-0.39, 0.29) is 5.91 Å². The average Bonchev–Trinajstić information content (AvgIpc) is 2.30. The van der Waals surface area contributed by atoms with Crippen LogP contribution in [0.1, 0.15) is 37.3 Å². The highest BCUT2D eigenvalue weighted by Crippen LogP contribution is 2.37. The van der Waals surface area contributed by atoms with Crippen LogP contribution in [-0.4, -0.2) is 19.2 Å².